The molecule has 208 valence electrons. The maximum absolute atomic E-state index is 13.8. The maximum atomic E-state index is 13.8. The van der Waals surface area contributed by atoms with Crippen LogP contribution in [0.4, 0.5) is 22.7 Å². The van der Waals surface area contributed by atoms with Crippen LogP contribution in [-0.4, -0.2) is 18.1 Å². The Morgan fingerprint density at radius 3 is 2.38 bits per heavy atom. The van der Waals surface area contributed by atoms with Crippen molar-refractivity contribution in [2.24, 2.45) is 5.41 Å². The molecule has 3 N–H and O–H groups in total. The SMILES string of the molecule is COc1ccc(CO)c(N2Cc3c(C)ccc(Nc4c(N[C@@H](c5ccc(C)o5)C(C)(C)C)c(=O)c4=O)c3C2=O)c1. The van der Waals surface area contributed by atoms with E-state index in [-0.39, 0.29) is 41.9 Å². The number of benzene rings is 2. The number of nitrogens with zero attached hydrogens (tertiary/aromatic N) is 1. The molecule has 2 heterocycles. The van der Waals surface area contributed by atoms with Gasteiger partial charge in [0.25, 0.3) is 16.8 Å². The fraction of sp³-hybridized carbons (Fsp3) is 0.323. The number of aryl methyl sites for hydroxylation is 2. The van der Waals surface area contributed by atoms with Crippen LogP contribution in [0.1, 0.15) is 65.4 Å². The summed E-state index contributed by atoms with van der Waals surface area (Å²) in [5, 5.41) is 16.3. The highest BCUT2D eigenvalue weighted by Gasteiger charge is 2.36. The summed E-state index contributed by atoms with van der Waals surface area (Å²) in [6.45, 7) is 9.85. The first-order chi connectivity index (χ1) is 18.9. The predicted molar refractivity (Wildman–Crippen MR) is 155 cm³/mol. The zero-order valence-electron chi connectivity index (χ0n) is 23.5. The van der Waals surface area contributed by atoms with Crippen LogP contribution in [0.2, 0.25) is 0 Å². The van der Waals surface area contributed by atoms with E-state index in [0.29, 0.717) is 34.0 Å². The van der Waals surface area contributed by atoms with Crippen molar-refractivity contribution >= 4 is 28.7 Å². The third kappa shape index (κ3) is 4.56. The van der Waals surface area contributed by atoms with E-state index in [2.05, 4.69) is 10.6 Å². The van der Waals surface area contributed by atoms with E-state index >= 15 is 0 Å². The normalized spacial score (nSPS) is 14.0. The van der Waals surface area contributed by atoms with Gasteiger partial charge in [-0.3, -0.25) is 14.4 Å². The molecule has 3 aromatic carbocycles. The molecule has 0 unspecified atom stereocenters. The Labute approximate surface area is 232 Å². The zero-order valence-corrected chi connectivity index (χ0v) is 23.5. The second kappa shape index (κ2) is 9.98. The van der Waals surface area contributed by atoms with Crippen molar-refractivity contribution in [2.75, 3.05) is 22.6 Å². The number of amides is 1. The molecule has 9 heteroatoms. The lowest BCUT2D eigenvalue weighted by Gasteiger charge is -2.31. The smallest absolute Gasteiger partial charge is 0.261 e. The van der Waals surface area contributed by atoms with Crippen LogP contribution >= 0.6 is 0 Å². The number of fused-ring (bicyclic) bond motifs is 1. The largest absolute Gasteiger partial charge is 0.497 e. The molecule has 0 aliphatic carbocycles. The fourth-order valence-corrected chi connectivity index (χ4v) is 5.17. The van der Waals surface area contributed by atoms with Crippen molar-refractivity contribution < 1.29 is 19.1 Å². The number of aliphatic hydroxyl groups excluding tert-OH is 1. The number of carbonyl (C=O) groups is 1. The quantitative estimate of drug-likeness (QED) is 0.263. The van der Waals surface area contributed by atoms with Gasteiger partial charge in [0.2, 0.25) is 0 Å². The summed E-state index contributed by atoms with van der Waals surface area (Å²) < 4.78 is 11.2. The topological polar surface area (TPSA) is 121 Å². The van der Waals surface area contributed by atoms with Gasteiger partial charge < -0.3 is 29.8 Å². The molecular formula is C31H33N3O6. The number of aliphatic hydroxyl groups is 1. The van der Waals surface area contributed by atoms with E-state index in [0.717, 1.165) is 16.9 Å². The minimum absolute atomic E-state index is 0.109. The average Bonchev–Trinajstić information content (AvgIpc) is 3.51. The summed E-state index contributed by atoms with van der Waals surface area (Å²) >= 11 is 0. The van der Waals surface area contributed by atoms with Gasteiger partial charge in [0.15, 0.2) is 0 Å². The lowest BCUT2D eigenvalue weighted by atomic mass is 9.85. The van der Waals surface area contributed by atoms with Crippen LogP contribution < -0.4 is 31.1 Å². The lowest BCUT2D eigenvalue weighted by Crippen LogP contribution is -2.39. The van der Waals surface area contributed by atoms with Crippen molar-refractivity contribution in [1.29, 1.82) is 0 Å². The minimum Gasteiger partial charge on any atom is -0.497 e. The molecule has 40 heavy (non-hydrogen) atoms. The number of nitrogens with one attached hydrogen (secondary N) is 2. The van der Waals surface area contributed by atoms with Crippen LogP contribution in [0.15, 0.2) is 56.5 Å². The molecule has 0 fully saturated rings. The summed E-state index contributed by atoms with van der Waals surface area (Å²) in [6.07, 6.45) is 0. The molecule has 9 nitrogen and oxygen atoms in total. The standard InChI is InChI=1S/C31H33N3O6/c1-16-7-11-21(24-20(16)14-34(30(24)38)22-13-19(39-6)10-9-18(22)15-35)32-25-26(28(37)27(25)36)33-29(31(3,4)5)23-12-8-17(2)40-23/h7-13,29,32-33,35H,14-15H2,1-6H3/t29-/m0/s1. The molecule has 1 aliphatic heterocycles. The molecule has 0 spiro atoms. The maximum Gasteiger partial charge on any atom is 0.261 e. The van der Waals surface area contributed by atoms with Crippen molar-refractivity contribution in [2.45, 2.75) is 53.8 Å². The van der Waals surface area contributed by atoms with Gasteiger partial charge >= 0.3 is 0 Å². The van der Waals surface area contributed by atoms with E-state index < -0.39 is 10.9 Å². The number of methoxy groups -OCH3 is 1. The minimum atomic E-state index is -0.655. The van der Waals surface area contributed by atoms with Crippen molar-refractivity contribution in [3.05, 3.63) is 96.7 Å². The lowest BCUT2D eigenvalue weighted by molar-refractivity contribution is 0.0997. The monoisotopic (exact) mass is 543 g/mol. The summed E-state index contributed by atoms with van der Waals surface area (Å²) in [6, 6.07) is 12.1. The Morgan fingerprint density at radius 2 is 1.75 bits per heavy atom. The first kappa shape index (κ1) is 27.2. The second-order valence-electron chi connectivity index (χ2n) is 11.3. The third-order valence-electron chi connectivity index (χ3n) is 7.45. The van der Waals surface area contributed by atoms with Gasteiger partial charge in [-0.2, -0.15) is 0 Å². The molecule has 1 atom stereocenters. The van der Waals surface area contributed by atoms with Gasteiger partial charge in [-0.05, 0) is 54.7 Å². The van der Waals surface area contributed by atoms with Crippen LogP contribution in [0, 0.1) is 19.3 Å². The van der Waals surface area contributed by atoms with E-state index in [1.54, 1.807) is 29.2 Å². The molecule has 4 aromatic rings. The Balaban J connectivity index is 1.51. The van der Waals surface area contributed by atoms with Gasteiger partial charge in [-0.25, -0.2) is 0 Å². The molecule has 0 bridgehead atoms. The van der Waals surface area contributed by atoms with Crippen molar-refractivity contribution in [3.8, 4) is 5.75 Å². The summed E-state index contributed by atoms with van der Waals surface area (Å²) in [4.78, 5) is 40.9. The number of hydrogen-bond acceptors (Lipinski definition) is 8. The molecule has 1 aliphatic rings. The van der Waals surface area contributed by atoms with Crippen LogP contribution in [0.5, 0.6) is 5.75 Å². The first-order valence-corrected chi connectivity index (χ1v) is 13.1. The Kier molecular flexibility index (Phi) is 6.79. The summed E-state index contributed by atoms with van der Waals surface area (Å²) in [5.74, 6) is 1.68. The first-order valence-electron chi connectivity index (χ1n) is 13.1. The molecular weight excluding hydrogens is 510 g/mol. The van der Waals surface area contributed by atoms with E-state index in [4.69, 9.17) is 9.15 Å². The molecule has 0 saturated carbocycles. The van der Waals surface area contributed by atoms with Crippen molar-refractivity contribution in [1.82, 2.24) is 0 Å². The molecule has 1 amide bonds. The molecule has 0 radical (unpaired) electrons. The predicted octanol–water partition coefficient (Wildman–Crippen LogP) is 5.10. The van der Waals surface area contributed by atoms with Gasteiger partial charge in [0, 0.05) is 11.6 Å². The highest BCUT2D eigenvalue weighted by atomic mass is 16.5. The number of rotatable bonds is 8. The Morgan fingerprint density at radius 1 is 1.02 bits per heavy atom. The summed E-state index contributed by atoms with van der Waals surface area (Å²) in [7, 11) is 1.54. The molecule has 0 saturated heterocycles. The number of hydrogen-bond donors (Lipinski definition) is 3. The van der Waals surface area contributed by atoms with E-state index in [1.807, 2.05) is 52.8 Å². The highest BCUT2D eigenvalue weighted by Crippen LogP contribution is 2.40. The van der Waals surface area contributed by atoms with E-state index in [1.165, 1.54) is 7.11 Å². The number of ether oxygens (including phenoxy) is 1. The van der Waals surface area contributed by atoms with Crippen LogP contribution in [0.25, 0.3) is 0 Å². The van der Waals surface area contributed by atoms with Gasteiger partial charge in [0.1, 0.15) is 28.6 Å². The van der Waals surface area contributed by atoms with Crippen LogP contribution in [0.3, 0.4) is 0 Å². The highest BCUT2D eigenvalue weighted by molar-refractivity contribution is 6.14. The number of furan rings is 1. The van der Waals surface area contributed by atoms with Gasteiger partial charge in [0.05, 0.1) is 43.2 Å². The van der Waals surface area contributed by atoms with Crippen molar-refractivity contribution in [3.63, 3.8) is 0 Å². The molecule has 1 aromatic heterocycles. The van der Waals surface area contributed by atoms with Gasteiger partial charge in [-0.15, -0.1) is 0 Å². The number of anilines is 4. The average molecular weight is 544 g/mol. The molecule has 5 rings (SSSR count). The Hall–Kier alpha value is -4.37. The fourth-order valence-electron chi connectivity index (χ4n) is 5.17. The van der Waals surface area contributed by atoms with Gasteiger partial charge in [-0.1, -0.05) is 32.9 Å². The summed E-state index contributed by atoms with van der Waals surface area (Å²) in [5.41, 5.74) is 2.34. The second-order valence-corrected chi connectivity index (χ2v) is 11.3. The number of carbonyl (C=O) groups excluding carboxylic acids is 1. The zero-order chi connectivity index (χ0) is 28.9. The van der Waals surface area contributed by atoms with Crippen LogP contribution in [-0.2, 0) is 13.2 Å². The Bertz CT molecular complexity index is 1690. The third-order valence-corrected chi connectivity index (χ3v) is 7.45. The van der Waals surface area contributed by atoms with E-state index in [9.17, 15) is 19.5 Å².